The van der Waals surface area contributed by atoms with Gasteiger partial charge in [-0.25, -0.2) is 8.78 Å². The molecular formula is C19H23F2N3. The van der Waals surface area contributed by atoms with E-state index in [1.807, 2.05) is 0 Å². The monoisotopic (exact) mass is 331 g/mol. The number of hydrogen-bond donors (Lipinski definition) is 2. The van der Waals surface area contributed by atoms with Gasteiger partial charge in [0.1, 0.15) is 0 Å². The predicted octanol–water partition coefficient (Wildman–Crippen LogP) is 3.13. The van der Waals surface area contributed by atoms with Gasteiger partial charge in [-0.05, 0) is 50.4 Å². The average molecular weight is 331 g/mol. The number of hydrogen-bond acceptors (Lipinski definition) is 3. The summed E-state index contributed by atoms with van der Waals surface area (Å²) < 4.78 is 26.1. The van der Waals surface area contributed by atoms with Gasteiger partial charge in [0.2, 0.25) is 0 Å². The zero-order chi connectivity index (χ0) is 16.9. The molecule has 3 rings (SSSR count). The largest absolute Gasteiger partial charge is 0.368 e. The number of nitrogens with one attached hydrogen (secondary N) is 2. The van der Waals surface area contributed by atoms with Crippen LogP contribution in [0.5, 0.6) is 0 Å². The Kier molecular flexibility index (Phi) is 5.41. The molecule has 24 heavy (non-hydrogen) atoms. The molecule has 5 heteroatoms. The smallest absolute Gasteiger partial charge is 0.159 e. The summed E-state index contributed by atoms with van der Waals surface area (Å²) >= 11 is 0. The second-order valence-corrected chi connectivity index (χ2v) is 6.47. The lowest BCUT2D eigenvalue weighted by atomic mass is 9.96. The SMILES string of the molecule is CC(Cc1ccc(F)c(F)c1)NCCCC1=CC2NC=NC2C=C1. The molecule has 2 N–H and O–H groups in total. The zero-order valence-corrected chi connectivity index (χ0v) is 13.8. The van der Waals surface area contributed by atoms with Crippen molar-refractivity contribution in [1.82, 2.24) is 10.6 Å². The first-order valence-electron chi connectivity index (χ1n) is 8.46. The minimum Gasteiger partial charge on any atom is -0.368 e. The molecule has 1 heterocycles. The molecule has 2 aliphatic rings. The average Bonchev–Trinajstić information content (AvgIpc) is 3.03. The Bertz CT molecular complexity index is 667. The number of aliphatic imine (C=N–C) groups is 1. The second-order valence-electron chi connectivity index (χ2n) is 6.47. The van der Waals surface area contributed by atoms with E-state index in [-0.39, 0.29) is 12.1 Å². The predicted molar refractivity (Wildman–Crippen MR) is 93.2 cm³/mol. The molecule has 0 bridgehead atoms. The van der Waals surface area contributed by atoms with Crippen LogP contribution < -0.4 is 10.6 Å². The van der Waals surface area contributed by atoms with Gasteiger partial charge in [0.05, 0.1) is 18.4 Å². The van der Waals surface area contributed by atoms with E-state index in [1.54, 1.807) is 12.4 Å². The molecule has 0 aromatic heterocycles. The lowest BCUT2D eigenvalue weighted by molar-refractivity contribution is 0.501. The molecule has 0 amide bonds. The summed E-state index contributed by atoms with van der Waals surface area (Å²) in [4.78, 5) is 4.33. The van der Waals surface area contributed by atoms with E-state index < -0.39 is 11.6 Å². The van der Waals surface area contributed by atoms with Crippen molar-refractivity contribution in [3.63, 3.8) is 0 Å². The molecule has 1 aliphatic heterocycles. The fourth-order valence-electron chi connectivity index (χ4n) is 3.13. The Morgan fingerprint density at radius 1 is 1.29 bits per heavy atom. The molecule has 3 atom stereocenters. The van der Waals surface area contributed by atoms with E-state index in [0.717, 1.165) is 24.9 Å². The van der Waals surface area contributed by atoms with Crippen LogP contribution in [0.2, 0.25) is 0 Å². The summed E-state index contributed by atoms with van der Waals surface area (Å²) in [7, 11) is 0. The Morgan fingerprint density at radius 3 is 3.00 bits per heavy atom. The maximum atomic E-state index is 13.2. The molecule has 128 valence electrons. The van der Waals surface area contributed by atoms with Crippen molar-refractivity contribution in [3.05, 3.63) is 59.2 Å². The highest BCUT2D eigenvalue weighted by atomic mass is 19.2. The normalized spacial score (nSPS) is 22.9. The minimum atomic E-state index is -0.794. The quantitative estimate of drug-likeness (QED) is 0.753. The number of nitrogens with zero attached hydrogens (tertiary/aromatic N) is 1. The van der Waals surface area contributed by atoms with Crippen molar-refractivity contribution in [1.29, 1.82) is 0 Å². The van der Waals surface area contributed by atoms with Crippen molar-refractivity contribution >= 4 is 6.34 Å². The van der Waals surface area contributed by atoms with Crippen LogP contribution in [0.1, 0.15) is 25.3 Å². The Morgan fingerprint density at radius 2 is 2.17 bits per heavy atom. The van der Waals surface area contributed by atoms with Crippen LogP contribution in [0.4, 0.5) is 8.78 Å². The molecule has 1 aliphatic carbocycles. The second kappa shape index (κ2) is 7.71. The van der Waals surface area contributed by atoms with E-state index in [1.165, 1.54) is 17.7 Å². The maximum absolute atomic E-state index is 13.2. The number of allylic oxidation sites excluding steroid dienone is 2. The van der Waals surface area contributed by atoms with Gasteiger partial charge in [-0.3, -0.25) is 4.99 Å². The van der Waals surface area contributed by atoms with Crippen molar-refractivity contribution in [2.24, 2.45) is 4.99 Å². The molecular weight excluding hydrogens is 308 g/mol. The van der Waals surface area contributed by atoms with Crippen LogP contribution >= 0.6 is 0 Å². The molecule has 0 spiro atoms. The van der Waals surface area contributed by atoms with Gasteiger partial charge in [0, 0.05) is 6.04 Å². The van der Waals surface area contributed by atoms with Gasteiger partial charge in [0.15, 0.2) is 11.6 Å². The summed E-state index contributed by atoms with van der Waals surface area (Å²) in [5, 5.41) is 6.68. The molecule has 1 aromatic rings. The van der Waals surface area contributed by atoms with Gasteiger partial charge in [-0.2, -0.15) is 0 Å². The number of rotatable bonds is 7. The van der Waals surface area contributed by atoms with E-state index in [4.69, 9.17) is 0 Å². The maximum Gasteiger partial charge on any atom is 0.159 e. The van der Waals surface area contributed by atoms with Crippen LogP contribution in [0.25, 0.3) is 0 Å². The van der Waals surface area contributed by atoms with Crippen LogP contribution in [0, 0.1) is 11.6 Å². The lowest BCUT2D eigenvalue weighted by Crippen LogP contribution is -2.31. The molecule has 0 radical (unpaired) electrons. The van der Waals surface area contributed by atoms with Crippen molar-refractivity contribution in [2.45, 2.75) is 44.3 Å². The summed E-state index contributed by atoms with van der Waals surface area (Å²) in [6.07, 6.45) is 11.1. The fourth-order valence-corrected chi connectivity index (χ4v) is 3.13. The zero-order valence-electron chi connectivity index (χ0n) is 13.8. The van der Waals surface area contributed by atoms with Gasteiger partial charge in [0.25, 0.3) is 0 Å². The highest BCUT2D eigenvalue weighted by molar-refractivity contribution is 5.61. The first-order chi connectivity index (χ1) is 11.6. The molecule has 0 saturated heterocycles. The van der Waals surface area contributed by atoms with Gasteiger partial charge >= 0.3 is 0 Å². The van der Waals surface area contributed by atoms with E-state index in [2.05, 4.69) is 40.8 Å². The first kappa shape index (κ1) is 16.8. The third-order valence-corrected chi connectivity index (χ3v) is 4.44. The third kappa shape index (κ3) is 4.29. The van der Waals surface area contributed by atoms with Crippen LogP contribution in [-0.2, 0) is 6.42 Å². The Hall–Kier alpha value is -2.01. The van der Waals surface area contributed by atoms with Crippen LogP contribution in [-0.4, -0.2) is 31.0 Å². The summed E-state index contributed by atoms with van der Waals surface area (Å²) in [6, 6.07) is 4.89. The number of halogens is 2. The summed E-state index contributed by atoms with van der Waals surface area (Å²) in [5.41, 5.74) is 2.15. The molecule has 0 fully saturated rings. The van der Waals surface area contributed by atoms with E-state index in [9.17, 15) is 8.78 Å². The number of benzene rings is 1. The van der Waals surface area contributed by atoms with Gasteiger partial charge in [-0.1, -0.05) is 29.9 Å². The van der Waals surface area contributed by atoms with E-state index in [0.29, 0.717) is 12.5 Å². The van der Waals surface area contributed by atoms with Crippen LogP contribution in [0.15, 0.2) is 47.0 Å². The first-order valence-corrected chi connectivity index (χ1v) is 8.46. The number of fused-ring (bicyclic) bond motifs is 1. The van der Waals surface area contributed by atoms with Gasteiger partial charge < -0.3 is 10.6 Å². The summed E-state index contributed by atoms with van der Waals surface area (Å²) in [5.74, 6) is -1.57. The molecule has 1 aromatic carbocycles. The summed E-state index contributed by atoms with van der Waals surface area (Å²) in [6.45, 7) is 2.96. The third-order valence-electron chi connectivity index (χ3n) is 4.44. The fraction of sp³-hybridized carbons (Fsp3) is 0.421. The van der Waals surface area contributed by atoms with Crippen molar-refractivity contribution in [2.75, 3.05) is 6.54 Å². The molecule has 0 saturated carbocycles. The lowest BCUT2D eigenvalue weighted by Gasteiger charge is -2.18. The highest BCUT2D eigenvalue weighted by Crippen LogP contribution is 2.19. The van der Waals surface area contributed by atoms with Gasteiger partial charge in [-0.15, -0.1) is 0 Å². The molecule has 3 nitrogen and oxygen atoms in total. The highest BCUT2D eigenvalue weighted by Gasteiger charge is 2.22. The topological polar surface area (TPSA) is 36.4 Å². The van der Waals surface area contributed by atoms with Crippen molar-refractivity contribution < 1.29 is 8.78 Å². The van der Waals surface area contributed by atoms with E-state index >= 15 is 0 Å². The molecule has 3 unspecified atom stereocenters. The minimum absolute atomic E-state index is 0.222. The van der Waals surface area contributed by atoms with Crippen molar-refractivity contribution in [3.8, 4) is 0 Å². The Balaban J connectivity index is 1.37. The van der Waals surface area contributed by atoms with Crippen LogP contribution in [0.3, 0.4) is 0 Å². The Labute approximate surface area is 141 Å². The standard InChI is InChI=1S/C19H23F2N3/c1-13(9-15-4-6-16(20)17(21)10-15)22-8-2-3-14-5-7-18-19(11-14)24-12-23-18/h4-7,10-13,18-19,22H,2-3,8-9H2,1H3,(H,23,24).